The van der Waals surface area contributed by atoms with Gasteiger partial charge >= 0.3 is 0 Å². The number of hydrogen-bond donors (Lipinski definition) is 2. The maximum absolute atomic E-state index is 10.3. The molecule has 0 saturated heterocycles. The smallest absolute Gasteiger partial charge is 0.113 e. The van der Waals surface area contributed by atoms with E-state index in [9.17, 15) is 5.11 Å². The molecule has 0 aliphatic heterocycles. The number of ether oxygens (including phenoxy) is 1. The van der Waals surface area contributed by atoms with Gasteiger partial charge in [-0.2, -0.15) is 0 Å². The maximum Gasteiger partial charge on any atom is 0.113 e. The minimum atomic E-state index is -0.754. The molecule has 0 spiro atoms. The lowest BCUT2D eigenvalue weighted by atomic mass is 9.90. The predicted molar refractivity (Wildman–Crippen MR) is 125 cm³/mol. The summed E-state index contributed by atoms with van der Waals surface area (Å²) in [6.07, 6.45) is 0.955. The Labute approximate surface area is 180 Å². The molecule has 3 atom stereocenters. The highest BCUT2D eigenvalue weighted by Gasteiger charge is 2.28. The Kier molecular flexibility index (Phi) is 9.28. The van der Waals surface area contributed by atoms with Crippen LogP contribution in [0.25, 0.3) is 0 Å². The Bertz CT molecular complexity index is 727. The molecule has 0 bridgehead atoms. The number of benzene rings is 2. The van der Waals surface area contributed by atoms with Crippen LogP contribution in [0.15, 0.2) is 73.0 Å². The molecule has 3 nitrogen and oxygen atoms in total. The second-order valence-corrected chi connectivity index (χ2v) is 10.1. The molecule has 2 aromatic rings. The van der Waals surface area contributed by atoms with Crippen molar-refractivity contribution in [2.75, 3.05) is 6.54 Å². The van der Waals surface area contributed by atoms with Crippen molar-refractivity contribution in [2.24, 2.45) is 5.92 Å². The molecule has 0 fully saturated rings. The fourth-order valence-electron chi connectivity index (χ4n) is 3.41. The monoisotopic (exact) mass is 413 g/mol. The quantitative estimate of drug-likeness (QED) is 0.361. The molecule has 4 heteroatoms. The lowest BCUT2D eigenvalue weighted by Gasteiger charge is -2.33. The summed E-state index contributed by atoms with van der Waals surface area (Å²) in [5, 5.41) is 14.2. The molecule has 2 aromatic carbocycles. The van der Waals surface area contributed by atoms with Crippen LogP contribution in [0.1, 0.15) is 38.8 Å². The van der Waals surface area contributed by atoms with Gasteiger partial charge in [0.15, 0.2) is 0 Å². The summed E-state index contributed by atoms with van der Waals surface area (Å²) < 4.78 is 5.82. The van der Waals surface area contributed by atoms with Crippen LogP contribution in [0.2, 0.25) is 0 Å². The molecule has 2 rings (SSSR count). The van der Waals surface area contributed by atoms with Gasteiger partial charge < -0.3 is 15.2 Å². The van der Waals surface area contributed by atoms with E-state index in [0.717, 1.165) is 17.7 Å². The van der Waals surface area contributed by atoms with Crippen molar-refractivity contribution in [3.63, 3.8) is 0 Å². The minimum Gasteiger partial charge on any atom is -0.493 e. The number of hydrogen-bond acceptors (Lipinski definition) is 4. The van der Waals surface area contributed by atoms with Crippen molar-refractivity contribution < 1.29 is 9.84 Å². The predicted octanol–water partition coefficient (Wildman–Crippen LogP) is 5.40. The molecule has 0 radical (unpaired) electrons. The first-order chi connectivity index (χ1) is 13.7. The Morgan fingerprint density at radius 1 is 1.03 bits per heavy atom. The standard InChI is InChI=1S/C25H35NO2S/c1-19(28-18-23-14-10-7-11-15-23)17-26-20(2)24(21(3)29-25(4,5)27)16-22-12-8-6-9-13-22/h6-15,20-21,24,26-27H,1,16-18H2,2-5H3/t20?,21?,24-/m1/s1. The van der Waals surface area contributed by atoms with Gasteiger partial charge in [0.2, 0.25) is 0 Å². The zero-order valence-corrected chi connectivity index (χ0v) is 18.9. The van der Waals surface area contributed by atoms with E-state index in [1.54, 1.807) is 11.8 Å². The van der Waals surface area contributed by atoms with Gasteiger partial charge in [-0.25, -0.2) is 0 Å². The van der Waals surface area contributed by atoms with Crippen LogP contribution in [0.5, 0.6) is 0 Å². The third kappa shape index (κ3) is 9.07. The van der Waals surface area contributed by atoms with E-state index in [1.165, 1.54) is 5.56 Å². The maximum atomic E-state index is 10.3. The molecular formula is C25H35NO2S. The van der Waals surface area contributed by atoms with E-state index in [4.69, 9.17) is 4.74 Å². The van der Waals surface area contributed by atoms with E-state index in [1.807, 2.05) is 38.1 Å². The van der Waals surface area contributed by atoms with Crippen LogP contribution >= 0.6 is 11.8 Å². The second kappa shape index (κ2) is 11.4. The molecule has 2 N–H and O–H groups in total. The zero-order chi connectivity index (χ0) is 21.3. The molecule has 158 valence electrons. The highest BCUT2D eigenvalue weighted by Crippen LogP contribution is 2.33. The molecule has 0 saturated carbocycles. The van der Waals surface area contributed by atoms with E-state index < -0.39 is 4.93 Å². The molecule has 0 aromatic heterocycles. The lowest BCUT2D eigenvalue weighted by Crippen LogP contribution is -2.41. The normalized spacial score (nSPS) is 14.8. The van der Waals surface area contributed by atoms with Gasteiger partial charge in [-0.05, 0) is 44.2 Å². The van der Waals surface area contributed by atoms with Crippen molar-refractivity contribution >= 4 is 11.8 Å². The second-order valence-electron chi connectivity index (χ2n) is 8.11. The fourth-order valence-corrected chi connectivity index (χ4v) is 4.83. The van der Waals surface area contributed by atoms with Crippen LogP contribution in [-0.2, 0) is 17.8 Å². The first-order valence-corrected chi connectivity index (χ1v) is 11.1. The average molecular weight is 414 g/mol. The third-order valence-corrected chi connectivity index (χ3v) is 6.24. The van der Waals surface area contributed by atoms with Gasteiger partial charge in [-0.15, -0.1) is 11.8 Å². The van der Waals surface area contributed by atoms with E-state index >= 15 is 0 Å². The summed E-state index contributed by atoms with van der Waals surface area (Å²) in [6.45, 7) is 13.3. The van der Waals surface area contributed by atoms with Gasteiger partial charge in [-0.3, -0.25) is 0 Å². The molecule has 29 heavy (non-hydrogen) atoms. The molecule has 2 unspecified atom stereocenters. The van der Waals surface area contributed by atoms with Crippen molar-refractivity contribution in [1.29, 1.82) is 0 Å². The van der Waals surface area contributed by atoms with Crippen molar-refractivity contribution in [2.45, 2.75) is 56.9 Å². The van der Waals surface area contributed by atoms with Gasteiger partial charge in [0.1, 0.15) is 17.3 Å². The summed E-state index contributed by atoms with van der Waals surface area (Å²) in [4.78, 5) is -0.754. The lowest BCUT2D eigenvalue weighted by molar-refractivity contribution is 0.176. The Hall–Kier alpha value is -1.75. The van der Waals surface area contributed by atoms with Crippen LogP contribution in [0.3, 0.4) is 0 Å². The van der Waals surface area contributed by atoms with E-state index in [0.29, 0.717) is 19.1 Å². The molecule has 0 aliphatic rings. The number of thioether (sulfide) groups is 1. The molecule has 0 aliphatic carbocycles. The first-order valence-electron chi connectivity index (χ1n) is 10.3. The van der Waals surface area contributed by atoms with Gasteiger partial charge in [0.05, 0.1) is 6.54 Å². The first kappa shape index (κ1) is 23.5. The number of rotatable bonds is 12. The van der Waals surface area contributed by atoms with Crippen LogP contribution in [-0.4, -0.2) is 27.9 Å². The zero-order valence-electron chi connectivity index (χ0n) is 18.1. The summed E-state index contributed by atoms with van der Waals surface area (Å²) in [5.41, 5.74) is 2.45. The van der Waals surface area contributed by atoms with Crippen LogP contribution in [0, 0.1) is 5.92 Å². The van der Waals surface area contributed by atoms with Crippen molar-refractivity contribution in [1.82, 2.24) is 5.32 Å². The number of nitrogens with one attached hydrogen (secondary N) is 1. The highest BCUT2D eigenvalue weighted by molar-refractivity contribution is 8.01. The summed E-state index contributed by atoms with van der Waals surface area (Å²) in [7, 11) is 0. The van der Waals surface area contributed by atoms with E-state index in [2.05, 4.69) is 62.1 Å². The summed E-state index contributed by atoms with van der Waals surface area (Å²) in [5.74, 6) is 1.10. The Morgan fingerprint density at radius 2 is 1.59 bits per heavy atom. The van der Waals surface area contributed by atoms with Crippen LogP contribution in [0.4, 0.5) is 0 Å². The van der Waals surface area contributed by atoms with E-state index in [-0.39, 0.29) is 11.3 Å². The Balaban J connectivity index is 1.93. The molecule has 0 amide bonds. The average Bonchev–Trinajstić information content (AvgIpc) is 2.69. The van der Waals surface area contributed by atoms with Crippen LogP contribution < -0.4 is 5.32 Å². The molecular weight excluding hydrogens is 378 g/mol. The third-order valence-electron chi connectivity index (χ3n) is 4.94. The largest absolute Gasteiger partial charge is 0.493 e. The number of aliphatic hydroxyl groups is 1. The summed E-state index contributed by atoms with van der Waals surface area (Å²) >= 11 is 1.62. The van der Waals surface area contributed by atoms with Gasteiger partial charge in [-0.1, -0.05) is 74.2 Å². The molecule has 0 heterocycles. The van der Waals surface area contributed by atoms with Crippen molar-refractivity contribution in [3.05, 3.63) is 84.1 Å². The summed E-state index contributed by atoms with van der Waals surface area (Å²) in [6, 6.07) is 20.9. The minimum absolute atomic E-state index is 0.247. The van der Waals surface area contributed by atoms with Crippen molar-refractivity contribution in [3.8, 4) is 0 Å². The Morgan fingerprint density at radius 3 is 2.14 bits per heavy atom. The topological polar surface area (TPSA) is 41.5 Å². The van der Waals surface area contributed by atoms with Gasteiger partial charge in [0.25, 0.3) is 0 Å². The van der Waals surface area contributed by atoms with Gasteiger partial charge in [0, 0.05) is 11.3 Å². The fraction of sp³-hybridized carbons (Fsp3) is 0.440. The highest BCUT2D eigenvalue weighted by atomic mass is 32.2. The SMILES string of the molecule is C=C(CNC(C)[C@@H](Cc1ccccc1)C(C)SC(C)(C)O)OCc1ccccc1.